The minimum atomic E-state index is 0.653. The lowest BCUT2D eigenvalue weighted by molar-refractivity contribution is 1.21. The van der Waals surface area contributed by atoms with Crippen LogP contribution in [0, 0.1) is 6.92 Å². The molecule has 0 bridgehead atoms. The molecule has 0 atom stereocenters. The molecule has 0 aliphatic heterocycles. The third kappa shape index (κ3) is 1.67. The van der Waals surface area contributed by atoms with Crippen LogP contribution in [0.2, 0.25) is 5.02 Å². The monoisotopic (exact) mass is 235 g/mol. The van der Waals surface area contributed by atoms with Crippen LogP contribution in [0.25, 0.3) is 10.9 Å². The molecule has 2 rings (SSSR count). The molecular weight excluding hydrogens is 222 g/mol. The van der Waals surface area contributed by atoms with Crippen LogP contribution in [0.5, 0.6) is 0 Å². The number of nitrogens with zero attached hydrogens (tertiary/aromatic N) is 1. The van der Waals surface area contributed by atoms with Crippen molar-refractivity contribution in [3.05, 3.63) is 28.9 Å². The third-order valence-electron chi connectivity index (χ3n) is 2.56. The molecule has 0 radical (unpaired) electrons. The number of fused-ring (bicyclic) bond motifs is 1. The van der Waals surface area contributed by atoms with Gasteiger partial charge in [0.15, 0.2) is 0 Å². The number of anilines is 2. The quantitative estimate of drug-likeness (QED) is 0.841. The number of hydrogen-bond donors (Lipinski definition) is 2. The minimum absolute atomic E-state index is 0.653. The fourth-order valence-corrected chi connectivity index (χ4v) is 2.02. The van der Waals surface area contributed by atoms with Gasteiger partial charge in [-0.25, -0.2) is 0 Å². The van der Waals surface area contributed by atoms with Gasteiger partial charge < -0.3 is 11.1 Å². The molecule has 3 nitrogen and oxygen atoms in total. The minimum Gasteiger partial charge on any atom is -0.396 e. The molecule has 0 amide bonds. The summed E-state index contributed by atoms with van der Waals surface area (Å²) in [7, 11) is 0. The van der Waals surface area contributed by atoms with Gasteiger partial charge in [-0.05, 0) is 25.5 Å². The Labute approximate surface area is 99.6 Å². The molecule has 0 unspecified atom stereocenters. The summed E-state index contributed by atoms with van der Waals surface area (Å²) >= 11 is 6.12. The highest BCUT2D eigenvalue weighted by atomic mass is 35.5. The molecular formula is C12H14ClN3. The van der Waals surface area contributed by atoms with Gasteiger partial charge in [-0.3, -0.25) is 4.98 Å². The van der Waals surface area contributed by atoms with Crippen LogP contribution in [0.3, 0.4) is 0 Å². The number of halogens is 1. The number of aryl methyl sites for hydroxylation is 1. The first-order valence-electron chi connectivity index (χ1n) is 5.22. The Balaban J connectivity index is 2.85. The normalized spacial score (nSPS) is 10.7. The number of nitrogens with two attached hydrogens (primary N) is 1. The van der Waals surface area contributed by atoms with E-state index in [-0.39, 0.29) is 0 Å². The van der Waals surface area contributed by atoms with Crippen molar-refractivity contribution < 1.29 is 0 Å². The Bertz CT molecular complexity index is 537. The molecule has 1 heterocycles. The molecule has 0 spiro atoms. The van der Waals surface area contributed by atoms with Crippen LogP contribution < -0.4 is 11.1 Å². The number of pyridine rings is 1. The van der Waals surface area contributed by atoms with Gasteiger partial charge in [0, 0.05) is 11.9 Å². The average Bonchev–Trinajstić information content (AvgIpc) is 2.27. The zero-order valence-electron chi connectivity index (χ0n) is 9.34. The van der Waals surface area contributed by atoms with Crippen molar-refractivity contribution in [1.29, 1.82) is 0 Å². The highest BCUT2D eigenvalue weighted by molar-refractivity contribution is 6.35. The first-order valence-corrected chi connectivity index (χ1v) is 5.60. The maximum absolute atomic E-state index is 6.12. The summed E-state index contributed by atoms with van der Waals surface area (Å²) in [5.74, 6) is 0. The lowest BCUT2D eigenvalue weighted by Crippen LogP contribution is -2.03. The van der Waals surface area contributed by atoms with Gasteiger partial charge in [-0.1, -0.05) is 17.7 Å². The largest absolute Gasteiger partial charge is 0.396 e. The molecule has 84 valence electrons. The first-order chi connectivity index (χ1) is 7.65. The molecule has 0 fully saturated rings. The van der Waals surface area contributed by atoms with Gasteiger partial charge in [0.2, 0.25) is 0 Å². The standard InChI is InChI=1S/C12H14ClN3/c1-3-15-12-9(14)6-16-11-8(13)5-4-7(2)10(11)12/h4-6H,3,14H2,1-2H3,(H,15,16). The predicted octanol–water partition coefficient (Wildman–Crippen LogP) is 3.21. The van der Waals surface area contributed by atoms with Gasteiger partial charge in [-0.2, -0.15) is 0 Å². The molecule has 3 N–H and O–H groups in total. The average molecular weight is 236 g/mol. The van der Waals surface area contributed by atoms with Crippen molar-refractivity contribution in [3.8, 4) is 0 Å². The SMILES string of the molecule is CCNc1c(N)cnc2c(Cl)ccc(C)c12. The van der Waals surface area contributed by atoms with Gasteiger partial charge in [0.1, 0.15) is 0 Å². The molecule has 0 saturated heterocycles. The summed E-state index contributed by atoms with van der Waals surface area (Å²) in [6, 6.07) is 3.84. The van der Waals surface area contributed by atoms with Crippen molar-refractivity contribution in [1.82, 2.24) is 4.98 Å². The summed E-state index contributed by atoms with van der Waals surface area (Å²) in [6.07, 6.45) is 1.64. The van der Waals surface area contributed by atoms with Gasteiger partial charge in [0.05, 0.1) is 28.1 Å². The van der Waals surface area contributed by atoms with E-state index in [0.717, 1.165) is 28.7 Å². The van der Waals surface area contributed by atoms with E-state index >= 15 is 0 Å². The Morgan fingerprint density at radius 3 is 2.88 bits per heavy atom. The zero-order valence-corrected chi connectivity index (χ0v) is 10.1. The van der Waals surface area contributed by atoms with Crippen molar-refractivity contribution in [2.75, 3.05) is 17.6 Å². The molecule has 0 saturated carbocycles. The van der Waals surface area contributed by atoms with Gasteiger partial charge in [0.25, 0.3) is 0 Å². The molecule has 4 heteroatoms. The number of benzene rings is 1. The zero-order chi connectivity index (χ0) is 11.7. The number of rotatable bonds is 2. The van der Waals surface area contributed by atoms with Crippen LogP contribution in [-0.2, 0) is 0 Å². The molecule has 0 aliphatic carbocycles. The Hall–Kier alpha value is -1.48. The van der Waals surface area contributed by atoms with Gasteiger partial charge in [-0.15, -0.1) is 0 Å². The predicted molar refractivity (Wildman–Crippen MR) is 70.1 cm³/mol. The van der Waals surface area contributed by atoms with Gasteiger partial charge >= 0.3 is 0 Å². The molecule has 16 heavy (non-hydrogen) atoms. The maximum atomic E-state index is 6.12. The van der Waals surface area contributed by atoms with E-state index in [1.807, 2.05) is 26.0 Å². The Morgan fingerprint density at radius 1 is 1.44 bits per heavy atom. The van der Waals surface area contributed by atoms with E-state index in [1.165, 1.54) is 0 Å². The Kier molecular flexibility index (Phi) is 2.88. The summed E-state index contributed by atoms with van der Waals surface area (Å²) in [5, 5.41) is 4.92. The number of hydrogen-bond acceptors (Lipinski definition) is 3. The highest BCUT2D eigenvalue weighted by Crippen LogP contribution is 2.33. The van der Waals surface area contributed by atoms with Crippen molar-refractivity contribution in [3.63, 3.8) is 0 Å². The third-order valence-corrected chi connectivity index (χ3v) is 2.87. The maximum Gasteiger partial charge on any atom is 0.0913 e. The van der Waals surface area contributed by atoms with Crippen LogP contribution in [0.4, 0.5) is 11.4 Å². The topological polar surface area (TPSA) is 50.9 Å². The van der Waals surface area contributed by atoms with Crippen molar-refractivity contribution >= 4 is 33.9 Å². The number of nitrogen functional groups attached to an aromatic ring is 1. The van der Waals surface area contributed by atoms with Crippen LogP contribution >= 0.6 is 11.6 Å². The van der Waals surface area contributed by atoms with Crippen molar-refractivity contribution in [2.24, 2.45) is 0 Å². The molecule has 2 aromatic rings. The highest BCUT2D eigenvalue weighted by Gasteiger charge is 2.10. The number of nitrogens with one attached hydrogen (secondary N) is 1. The number of aromatic nitrogens is 1. The second-order valence-corrected chi connectivity index (χ2v) is 4.11. The van der Waals surface area contributed by atoms with Crippen LogP contribution in [0.15, 0.2) is 18.3 Å². The van der Waals surface area contributed by atoms with E-state index in [4.69, 9.17) is 17.3 Å². The van der Waals surface area contributed by atoms with E-state index in [0.29, 0.717) is 10.7 Å². The van der Waals surface area contributed by atoms with Crippen LogP contribution in [0.1, 0.15) is 12.5 Å². The fourth-order valence-electron chi connectivity index (χ4n) is 1.82. The second kappa shape index (κ2) is 4.18. The Morgan fingerprint density at radius 2 is 2.19 bits per heavy atom. The van der Waals surface area contributed by atoms with E-state index < -0.39 is 0 Å². The summed E-state index contributed by atoms with van der Waals surface area (Å²) in [4.78, 5) is 4.29. The lowest BCUT2D eigenvalue weighted by atomic mass is 10.1. The smallest absolute Gasteiger partial charge is 0.0913 e. The van der Waals surface area contributed by atoms with E-state index in [1.54, 1.807) is 6.20 Å². The first kappa shape index (κ1) is 11.0. The fraction of sp³-hybridized carbons (Fsp3) is 0.250. The summed E-state index contributed by atoms with van der Waals surface area (Å²) in [5.41, 5.74) is 9.42. The summed E-state index contributed by atoms with van der Waals surface area (Å²) in [6.45, 7) is 4.88. The molecule has 0 aliphatic rings. The second-order valence-electron chi connectivity index (χ2n) is 3.71. The lowest BCUT2D eigenvalue weighted by Gasteiger charge is -2.13. The van der Waals surface area contributed by atoms with E-state index in [2.05, 4.69) is 10.3 Å². The molecule has 1 aromatic heterocycles. The molecule has 1 aromatic carbocycles. The summed E-state index contributed by atoms with van der Waals surface area (Å²) < 4.78 is 0. The van der Waals surface area contributed by atoms with Crippen LogP contribution in [-0.4, -0.2) is 11.5 Å². The van der Waals surface area contributed by atoms with E-state index in [9.17, 15) is 0 Å². The van der Waals surface area contributed by atoms with Crippen molar-refractivity contribution in [2.45, 2.75) is 13.8 Å².